The Kier molecular flexibility index (Phi) is 4.57. The zero-order chi connectivity index (χ0) is 14.5. The Morgan fingerprint density at radius 1 is 1.20 bits per heavy atom. The number of aromatic nitrogens is 2. The molecule has 108 valence electrons. The van der Waals surface area contributed by atoms with Gasteiger partial charge >= 0.3 is 0 Å². The van der Waals surface area contributed by atoms with Crippen molar-refractivity contribution in [3.05, 3.63) is 24.1 Å². The van der Waals surface area contributed by atoms with Crippen LogP contribution in [0.15, 0.2) is 22.6 Å². The summed E-state index contributed by atoms with van der Waals surface area (Å²) in [5, 5.41) is 11.3. The van der Waals surface area contributed by atoms with Crippen molar-refractivity contribution in [1.29, 1.82) is 0 Å². The van der Waals surface area contributed by atoms with E-state index >= 15 is 0 Å². The van der Waals surface area contributed by atoms with Gasteiger partial charge in [0.05, 0.1) is 26.3 Å². The molecule has 1 aromatic heterocycles. The van der Waals surface area contributed by atoms with Crippen LogP contribution in [-0.4, -0.2) is 30.5 Å². The molecule has 0 fully saturated rings. The molecule has 1 aromatic carbocycles. The Morgan fingerprint density at radius 2 is 2.00 bits per heavy atom. The average Bonchev–Trinajstić information content (AvgIpc) is 2.92. The van der Waals surface area contributed by atoms with E-state index in [1.807, 2.05) is 18.2 Å². The molecule has 0 atom stereocenters. The van der Waals surface area contributed by atoms with Gasteiger partial charge in [0.2, 0.25) is 5.89 Å². The second-order valence-electron chi connectivity index (χ2n) is 4.58. The lowest BCUT2D eigenvalue weighted by Gasteiger charge is -2.09. The first-order valence-corrected chi connectivity index (χ1v) is 6.42. The van der Waals surface area contributed by atoms with Gasteiger partial charge in [0.15, 0.2) is 11.5 Å². The predicted octanol–water partition coefficient (Wildman–Crippen LogP) is 2.25. The highest BCUT2D eigenvalue weighted by Gasteiger charge is 2.16. The molecule has 0 aliphatic rings. The molecule has 1 N–H and O–H groups in total. The van der Waals surface area contributed by atoms with E-state index in [1.54, 1.807) is 14.2 Å². The number of benzene rings is 1. The van der Waals surface area contributed by atoms with Crippen LogP contribution < -0.4 is 14.8 Å². The lowest BCUT2D eigenvalue weighted by molar-refractivity contribution is 0.354. The van der Waals surface area contributed by atoms with Crippen molar-refractivity contribution < 1.29 is 13.9 Å². The molecule has 2 rings (SSSR count). The SMILES string of the molecule is COc1cccc(-c2nnc(CNC(C)C)o2)c1OC. The van der Waals surface area contributed by atoms with E-state index in [-0.39, 0.29) is 0 Å². The lowest BCUT2D eigenvalue weighted by atomic mass is 10.2. The smallest absolute Gasteiger partial charge is 0.251 e. The molecule has 0 saturated heterocycles. The maximum atomic E-state index is 5.64. The molecular formula is C14H19N3O3. The van der Waals surface area contributed by atoms with Gasteiger partial charge in [0, 0.05) is 6.04 Å². The highest BCUT2D eigenvalue weighted by Crippen LogP contribution is 2.36. The number of methoxy groups -OCH3 is 2. The average molecular weight is 277 g/mol. The molecule has 0 aliphatic heterocycles. The number of ether oxygens (including phenoxy) is 2. The van der Waals surface area contributed by atoms with Crippen LogP contribution in [0.1, 0.15) is 19.7 Å². The van der Waals surface area contributed by atoms with E-state index in [9.17, 15) is 0 Å². The van der Waals surface area contributed by atoms with Crippen molar-refractivity contribution in [2.45, 2.75) is 26.4 Å². The summed E-state index contributed by atoms with van der Waals surface area (Å²) < 4.78 is 16.3. The van der Waals surface area contributed by atoms with Gasteiger partial charge < -0.3 is 19.2 Å². The van der Waals surface area contributed by atoms with Gasteiger partial charge in [-0.3, -0.25) is 0 Å². The largest absolute Gasteiger partial charge is 0.493 e. The normalized spacial score (nSPS) is 10.8. The Hall–Kier alpha value is -2.08. The van der Waals surface area contributed by atoms with Crippen molar-refractivity contribution in [1.82, 2.24) is 15.5 Å². The van der Waals surface area contributed by atoms with E-state index in [2.05, 4.69) is 29.4 Å². The monoisotopic (exact) mass is 277 g/mol. The van der Waals surface area contributed by atoms with Gasteiger partial charge in [-0.2, -0.15) is 0 Å². The third kappa shape index (κ3) is 3.08. The van der Waals surface area contributed by atoms with Gasteiger partial charge in [0.25, 0.3) is 5.89 Å². The molecule has 2 aromatic rings. The van der Waals surface area contributed by atoms with Crippen molar-refractivity contribution in [3.8, 4) is 23.0 Å². The van der Waals surface area contributed by atoms with Gasteiger partial charge in [-0.05, 0) is 12.1 Å². The van der Waals surface area contributed by atoms with E-state index < -0.39 is 0 Å². The molecule has 0 spiro atoms. The Bertz CT molecular complexity index is 567. The van der Waals surface area contributed by atoms with Crippen molar-refractivity contribution in [3.63, 3.8) is 0 Å². The van der Waals surface area contributed by atoms with E-state index in [0.29, 0.717) is 35.9 Å². The summed E-state index contributed by atoms with van der Waals surface area (Å²) in [6.45, 7) is 4.65. The van der Waals surface area contributed by atoms with Crippen LogP contribution in [-0.2, 0) is 6.54 Å². The van der Waals surface area contributed by atoms with Gasteiger partial charge in [-0.1, -0.05) is 19.9 Å². The predicted molar refractivity (Wildman–Crippen MR) is 74.8 cm³/mol. The van der Waals surface area contributed by atoms with Crippen LogP contribution in [0.3, 0.4) is 0 Å². The first kappa shape index (κ1) is 14.3. The van der Waals surface area contributed by atoms with Crippen molar-refractivity contribution >= 4 is 0 Å². The van der Waals surface area contributed by atoms with Crippen LogP contribution in [0.2, 0.25) is 0 Å². The number of hydrogen-bond acceptors (Lipinski definition) is 6. The molecule has 1 heterocycles. The Labute approximate surface area is 118 Å². The molecule has 0 saturated carbocycles. The van der Waals surface area contributed by atoms with Crippen molar-refractivity contribution in [2.24, 2.45) is 0 Å². The summed E-state index contributed by atoms with van der Waals surface area (Å²) in [7, 11) is 3.17. The first-order chi connectivity index (χ1) is 9.65. The highest BCUT2D eigenvalue weighted by atomic mass is 16.5. The minimum atomic E-state index is 0.358. The molecule has 6 nitrogen and oxygen atoms in total. The molecule has 0 aliphatic carbocycles. The van der Waals surface area contributed by atoms with E-state index in [4.69, 9.17) is 13.9 Å². The molecule has 0 radical (unpaired) electrons. The summed E-state index contributed by atoms with van der Waals surface area (Å²) >= 11 is 0. The van der Waals surface area contributed by atoms with Crippen LogP contribution in [0, 0.1) is 0 Å². The van der Waals surface area contributed by atoms with E-state index in [1.165, 1.54) is 0 Å². The molecule has 0 amide bonds. The fourth-order valence-electron chi connectivity index (χ4n) is 1.78. The number of rotatable bonds is 6. The Balaban J connectivity index is 2.28. The molecule has 0 bridgehead atoms. The van der Waals surface area contributed by atoms with Crippen molar-refractivity contribution in [2.75, 3.05) is 14.2 Å². The Morgan fingerprint density at radius 3 is 2.65 bits per heavy atom. The van der Waals surface area contributed by atoms with E-state index in [0.717, 1.165) is 5.56 Å². The maximum Gasteiger partial charge on any atom is 0.251 e. The van der Waals surface area contributed by atoms with Crippen LogP contribution in [0.25, 0.3) is 11.5 Å². The number of hydrogen-bond donors (Lipinski definition) is 1. The summed E-state index contributed by atoms with van der Waals surface area (Å²) in [6, 6.07) is 5.89. The standard InChI is InChI=1S/C14H19N3O3/c1-9(2)15-8-12-16-17-14(20-12)10-6-5-7-11(18-3)13(10)19-4/h5-7,9,15H,8H2,1-4H3. The summed E-state index contributed by atoms with van der Waals surface area (Å²) in [6.07, 6.45) is 0. The van der Waals surface area contributed by atoms with Crippen LogP contribution >= 0.6 is 0 Å². The third-order valence-electron chi connectivity index (χ3n) is 2.76. The minimum Gasteiger partial charge on any atom is -0.493 e. The minimum absolute atomic E-state index is 0.358. The molecule has 0 unspecified atom stereocenters. The number of nitrogens with zero attached hydrogens (tertiary/aromatic N) is 2. The number of para-hydroxylation sites is 1. The summed E-state index contributed by atoms with van der Waals surface area (Å²) in [5.74, 6) is 2.17. The maximum absolute atomic E-state index is 5.64. The quantitative estimate of drug-likeness (QED) is 0.873. The zero-order valence-corrected chi connectivity index (χ0v) is 12.1. The van der Waals surface area contributed by atoms with Gasteiger partial charge in [0.1, 0.15) is 0 Å². The fourth-order valence-corrected chi connectivity index (χ4v) is 1.78. The molecule has 20 heavy (non-hydrogen) atoms. The first-order valence-electron chi connectivity index (χ1n) is 6.42. The molecule has 6 heteroatoms. The fraction of sp³-hybridized carbons (Fsp3) is 0.429. The molecular weight excluding hydrogens is 258 g/mol. The highest BCUT2D eigenvalue weighted by molar-refractivity contribution is 5.67. The second kappa shape index (κ2) is 6.38. The second-order valence-corrected chi connectivity index (χ2v) is 4.58. The van der Waals surface area contributed by atoms with Gasteiger partial charge in [-0.15, -0.1) is 10.2 Å². The summed E-state index contributed by atoms with van der Waals surface area (Å²) in [4.78, 5) is 0. The topological polar surface area (TPSA) is 69.4 Å². The zero-order valence-electron chi connectivity index (χ0n) is 12.1. The third-order valence-corrected chi connectivity index (χ3v) is 2.76. The van der Waals surface area contributed by atoms with Crippen LogP contribution in [0.4, 0.5) is 0 Å². The van der Waals surface area contributed by atoms with Crippen LogP contribution in [0.5, 0.6) is 11.5 Å². The number of nitrogens with one attached hydrogen (secondary N) is 1. The van der Waals surface area contributed by atoms with Gasteiger partial charge in [-0.25, -0.2) is 0 Å². The lowest BCUT2D eigenvalue weighted by Crippen LogP contribution is -2.21. The summed E-state index contributed by atoms with van der Waals surface area (Å²) in [5.41, 5.74) is 0.718.